The average Bonchev–Trinajstić information content (AvgIpc) is 3.06. The highest BCUT2D eigenvalue weighted by Crippen LogP contribution is 2.33. The highest BCUT2D eigenvalue weighted by molar-refractivity contribution is 7.18. The number of thiophene rings is 1. The Morgan fingerprint density at radius 3 is 3.08 bits per heavy atom. The van der Waals surface area contributed by atoms with E-state index in [4.69, 9.17) is 4.74 Å². The van der Waals surface area contributed by atoms with Gasteiger partial charge in [0, 0.05) is 30.9 Å². The summed E-state index contributed by atoms with van der Waals surface area (Å²) >= 11 is 1.66. The zero-order valence-electron chi connectivity index (χ0n) is 15.2. The van der Waals surface area contributed by atoms with E-state index in [0.29, 0.717) is 32.7 Å². The summed E-state index contributed by atoms with van der Waals surface area (Å²) in [5.41, 5.74) is 1.21. The van der Waals surface area contributed by atoms with Gasteiger partial charge in [0.25, 0.3) is 5.56 Å². The number of carbonyl (C=O) groups excluding carboxylic acids is 1. The first-order chi connectivity index (χ1) is 12.7. The predicted octanol–water partition coefficient (Wildman–Crippen LogP) is 2.36. The zero-order valence-corrected chi connectivity index (χ0v) is 16.0. The van der Waals surface area contributed by atoms with E-state index < -0.39 is 0 Å². The molecule has 4 rings (SSSR count). The molecule has 6 nitrogen and oxygen atoms in total. The molecule has 1 atom stereocenters. The van der Waals surface area contributed by atoms with E-state index in [0.717, 1.165) is 35.9 Å². The van der Waals surface area contributed by atoms with Gasteiger partial charge in [0.15, 0.2) is 0 Å². The Kier molecular flexibility index (Phi) is 5.09. The number of carbonyl (C=O) groups is 1. The van der Waals surface area contributed by atoms with E-state index in [9.17, 15) is 9.59 Å². The van der Waals surface area contributed by atoms with Crippen LogP contribution in [0.5, 0.6) is 0 Å². The smallest absolute Gasteiger partial charge is 0.262 e. The lowest BCUT2D eigenvalue weighted by atomic mass is 9.97. The molecule has 0 spiro atoms. The van der Waals surface area contributed by atoms with Crippen LogP contribution in [0.2, 0.25) is 0 Å². The number of amides is 1. The van der Waals surface area contributed by atoms with E-state index in [1.165, 1.54) is 16.9 Å². The first-order valence-corrected chi connectivity index (χ1v) is 10.4. The van der Waals surface area contributed by atoms with Gasteiger partial charge in [-0.15, -0.1) is 11.3 Å². The molecule has 0 saturated carbocycles. The van der Waals surface area contributed by atoms with Gasteiger partial charge < -0.3 is 9.64 Å². The Bertz CT molecular complexity index is 873. The third-order valence-electron chi connectivity index (χ3n) is 5.46. The van der Waals surface area contributed by atoms with Crippen molar-refractivity contribution in [3.05, 3.63) is 27.1 Å². The Labute approximate surface area is 156 Å². The number of ether oxygens (including phenoxy) is 1. The first kappa shape index (κ1) is 17.7. The second-order valence-corrected chi connectivity index (χ2v) is 8.21. The molecule has 2 aliphatic rings. The molecule has 2 aromatic heterocycles. The highest BCUT2D eigenvalue weighted by Gasteiger charge is 2.23. The number of fused-ring (bicyclic) bond motifs is 3. The van der Waals surface area contributed by atoms with Gasteiger partial charge >= 0.3 is 0 Å². The third kappa shape index (κ3) is 3.30. The van der Waals surface area contributed by atoms with Gasteiger partial charge in [0.1, 0.15) is 4.83 Å². The van der Waals surface area contributed by atoms with Crippen LogP contribution in [0.3, 0.4) is 0 Å². The number of aromatic nitrogens is 2. The van der Waals surface area contributed by atoms with Gasteiger partial charge in [-0.25, -0.2) is 4.98 Å². The Morgan fingerprint density at radius 2 is 2.23 bits per heavy atom. The maximum absolute atomic E-state index is 12.9. The van der Waals surface area contributed by atoms with Crippen LogP contribution in [0.4, 0.5) is 0 Å². The van der Waals surface area contributed by atoms with E-state index in [2.05, 4.69) is 11.9 Å². The van der Waals surface area contributed by atoms with Crippen molar-refractivity contribution < 1.29 is 9.53 Å². The van der Waals surface area contributed by atoms with Crippen LogP contribution in [-0.2, 0) is 28.9 Å². The number of hydrogen-bond donors (Lipinski definition) is 0. The summed E-state index contributed by atoms with van der Waals surface area (Å²) in [6.45, 7) is 4.35. The fourth-order valence-corrected chi connectivity index (χ4v) is 5.13. The zero-order chi connectivity index (χ0) is 18.1. The summed E-state index contributed by atoms with van der Waals surface area (Å²) in [5.74, 6) is 0.0890. The topological polar surface area (TPSA) is 64.4 Å². The normalized spacial score (nSPS) is 20.3. The van der Waals surface area contributed by atoms with E-state index >= 15 is 0 Å². The molecule has 1 amide bonds. The SMILES string of the molecule is CCC1CN(C(=O)CCn2cnc3sc4c(c3c2=O)CCCC4)CCO1. The monoisotopic (exact) mass is 375 g/mol. The Balaban J connectivity index is 1.50. The molecule has 3 heterocycles. The molecule has 1 fully saturated rings. The molecule has 26 heavy (non-hydrogen) atoms. The lowest BCUT2D eigenvalue weighted by Gasteiger charge is -2.32. The molecule has 1 aliphatic carbocycles. The van der Waals surface area contributed by atoms with Crippen LogP contribution in [-0.4, -0.2) is 46.2 Å². The van der Waals surface area contributed by atoms with Crippen LogP contribution in [0.25, 0.3) is 10.2 Å². The number of rotatable bonds is 4. The Morgan fingerprint density at radius 1 is 1.38 bits per heavy atom. The maximum Gasteiger partial charge on any atom is 0.262 e. The summed E-state index contributed by atoms with van der Waals surface area (Å²) in [7, 11) is 0. The summed E-state index contributed by atoms with van der Waals surface area (Å²) in [6.07, 6.45) is 7.34. The molecular formula is C19H25N3O3S. The van der Waals surface area contributed by atoms with Crippen molar-refractivity contribution in [3.63, 3.8) is 0 Å². The van der Waals surface area contributed by atoms with E-state index in [1.54, 1.807) is 22.2 Å². The molecule has 7 heteroatoms. The minimum absolute atomic E-state index is 0.00983. The molecule has 0 N–H and O–H groups in total. The minimum atomic E-state index is 0.00983. The second-order valence-electron chi connectivity index (χ2n) is 7.12. The predicted molar refractivity (Wildman–Crippen MR) is 102 cm³/mol. The van der Waals surface area contributed by atoms with Crippen molar-refractivity contribution in [2.75, 3.05) is 19.7 Å². The summed E-state index contributed by atoms with van der Waals surface area (Å²) in [6, 6.07) is 0. The van der Waals surface area contributed by atoms with Crippen molar-refractivity contribution in [1.82, 2.24) is 14.5 Å². The maximum atomic E-state index is 12.9. The van der Waals surface area contributed by atoms with Gasteiger partial charge in [-0.1, -0.05) is 6.92 Å². The number of nitrogens with zero attached hydrogens (tertiary/aromatic N) is 3. The van der Waals surface area contributed by atoms with Crippen LogP contribution in [0, 0.1) is 0 Å². The van der Waals surface area contributed by atoms with Gasteiger partial charge in [-0.3, -0.25) is 14.2 Å². The van der Waals surface area contributed by atoms with Crippen molar-refractivity contribution in [2.45, 2.75) is 58.1 Å². The van der Waals surface area contributed by atoms with Crippen LogP contribution >= 0.6 is 11.3 Å². The number of morpholine rings is 1. The summed E-state index contributed by atoms with van der Waals surface area (Å²) in [4.78, 5) is 34.0. The molecule has 2 aromatic rings. The Hall–Kier alpha value is -1.73. The average molecular weight is 375 g/mol. The van der Waals surface area contributed by atoms with E-state index in [1.807, 2.05) is 4.90 Å². The first-order valence-electron chi connectivity index (χ1n) is 9.56. The highest BCUT2D eigenvalue weighted by atomic mass is 32.1. The number of hydrogen-bond acceptors (Lipinski definition) is 5. The molecule has 1 unspecified atom stereocenters. The largest absolute Gasteiger partial charge is 0.375 e. The van der Waals surface area contributed by atoms with Gasteiger partial charge in [0.2, 0.25) is 5.91 Å². The fraction of sp³-hybridized carbons (Fsp3) is 0.632. The third-order valence-corrected chi connectivity index (χ3v) is 6.66. The van der Waals surface area contributed by atoms with Gasteiger partial charge in [-0.2, -0.15) is 0 Å². The molecule has 1 saturated heterocycles. The molecular weight excluding hydrogens is 350 g/mol. The van der Waals surface area contributed by atoms with Crippen molar-refractivity contribution in [3.8, 4) is 0 Å². The quantitative estimate of drug-likeness (QED) is 0.823. The molecule has 0 aromatic carbocycles. The lowest BCUT2D eigenvalue weighted by molar-refractivity contribution is -0.139. The molecule has 140 valence electrons. The minimum Gasteiger partial charge on any atom is -0.375 e. The lowest BCUT2D eigenvalue weighted by Crippen LogP contribution is -2.45. The summed E-state index contributed by atoms with van der Waals surface area (Å²) < 4.78 is 7.23. The second kappa shape index (κ2) is 7.48. The van der Waals surface area contributed by atoms with Crippen molar-refractivity contribution >= 4 is 27.5 Å². The van der Waals surface area contributed by atoms with Crippen LogP contribution < -0.4 is 5.56 Å². The number of aryl methyl sites for hydroxylation is 3. The van der Waals surface area contributed by atoms with Crippen molar-refractivity contribution in [1.29, 1.82) is 0 Å². The standard InChI is InChI=1S/C19H25N3O3S/c1-2-13-11-21(9-10-25-13)16(23)7-8-22-12-20-18-17(19(22)24)14-5-3-4-6-15(14)26-18/h12-13H,2-11H2,1H3. The molecule has 0 bridgehead atoms. The molecule has 0 radical (unpaired) electrons. The summed E-state index contributed by atoms with van der Waals surface area (Å²) in [5, 5.41) is 0.789. The van der Waals surface area contributed by atoms with Gasteiger partial charge in [0.05, 0.1) is 24.4 Å². The van der Waals surface area contributed by atoms with Crippen molar-refractivity contribution in [2.24, 2.45) is 0 Å². The molecule has 1 aliphatic heterocycles. The van der Waals surface area contributed by atoms with Crippen LogP contribution in [0.15, 0.2) is 11.1 Å². The van der Waals surface area contributed by atoms with Gasteiger partial charge in [-0.05, 0) is 37.7 Å². The fourth-order valence-electron chi connectivity index (χ4n) is 3.91. The van der Waals surface area contributed by atoms with E-state index in [-0.39, 0.29) is 17.6 Å². The van der Waals surface area contributed by atoms with Crippen LogP contribution in [0.1, 0.15) is 43.0 Å².